The highest BCUT2D eigenvalue weighted by Crippen LogP contribution is 2.28. The number of aliphatic hydroxyl groups is 1. The van der Waals surface area contributed by atoms with Crippen molar-refractivity contribution in [3.63, 3.8) is 0 Å². The molecule has 0 saturated carbocycles. The molecule has 0 amide bonds. The van der Waals surface area contributed by atoms with Crippen molar-refractivity contribution in [2.45, 2.75) is 44.8 Å². The minimum Gasteiger partial charge on any atom is -0.391 e. The van der Waals surface area contributed by atoms with Gasteiger partial charge in [-0.2, -0.15) is 0 Å². The Morgan fingerprint density at radius 2 is 1.86 bits per heavy atom. The Morgan fingerprint density at radius 3 is 2.38 bits per heavy atom. The SMILES string of the molecule is CCC(CC)(C(O)Cc1nc2ccccc2n1C)N(C)C. The first-order chi connectivity index (χ1) is 9.96. The summed E-state index contributed by atoms with van der Waals surface area (Å²) in [4.78, 5) is 6.83. The molecule has 0 saturated heterocycles. The molecule has 2 aromatic rings. The number of likely N-dealkylation sites (N-methyl/N-ethyl adjacent to an activating group) is 1. The number of hydrogen-bond donors (Lipinski definition) is 1. The number of hydrogen-bond acceptors (Lipinski definition) is 3. The lowest BCUT2D eigenvalue weighted by Gasteiger charge is -2.42. The van der Waals surface area contributed by atoms with Crippen LogP contribution in [0, 0.1) is 0 Å². The van der Waals surface area contributed by atoms with Crippen molar-refractivity contribution in [1.29, 1.82) is 0 Å². The summed E-state index contributed by atoms with van der Waals surface area (Å²) in [6.07, 6.45) is 1.98. The van der Waals surface area contributed by atoms with Crippen LogP contribution < -0.4 is 0 Å². The Balaban J connectivity index is 2.32. The molecule has 0 aliphatic rings. The Labute approximate surface area is 127 Å². The lowest BCUT2D eigenvalue weighted by molar-refractivity contribution is -0.0138. The number of aryl methyl sites for hydroxylation is 1. The van der Waals surface area contributed by atoms with Gasteiger partial charge in [0.05, 0.1) is 17.1 Å². The Hall–Kier alpha value is -1.39. The zero-order chi connectivity index (χ0) is 15.6. The number of benzene rings is 1. The number of para-hydroxylation sites is 2. The van der Waals surface area contributed by atoms with Crippen molar-refractivity contribution in [1.82, 2.24) is 14.5 Å². The molecular weight excluding hydrogens is 262 g/mol. The molecule has 0 radical (unpaired) electrons. The molecule has 4 heteroatoms. The topological polar surface area (TPSA) is 41.3 Å². The third-order valence-corrected chi connectivity index (χ3v) is 4.99. The van der Waals surface area contributed by atoms with Crippen LogP contribution in [-0.2, 0) is 13.5 Å². The fourth-order valence-corrected chi connectivity index (χ4v) is 3.39. The normalized spacial score (nSPS) is 14.0. The standard InChI is InChI=1S/C17H27N3O/c1-6-17(7-2,19(3)4)15(21)12-16-18-13-10-8-9-11-14(13)20(16)5/h8-11,15,21H,6-7,12H2,1-5H3. The summed E-state index contributed by atoms with van der Waals surface area (Å²) in [7, 11) is 6.11. The van der Waals surface area contributed by atoms with Crippen LogP contribution in [-0.4, -0.2) is 45.3 Å². The first-order valence-electron chi connectivity index (χ1n) is 7.72. The summed E-state index contributed by atoms with van der Waals surface area (Å²) in [6, 6.07) is 8.10. The third-order valence-electron chi connectivity index (χ3n) is 4.99. The van der Waals surface area contributed by atoms with Gasteiger partial charge in [0.1, 0.15) is 5.82 Å². The van der Waals surface area contributed by atoms with E-state index in [1.54, 1.807) is 0 Å². The minimum atomic E-state index is -0.432. The molecule has 21 heavy (non-hydrogen) atoms. The molecule has 0 aliphatic heterocycles. The molecule has 1 unspecified atom stereocenters. The fourth-order valence-electron chi connectivity index (χ4n) is 3.39. The van der Waals surface area contributed by atoms with E-state index in [0.717, 1.165) is 29.7 Å². The molecule has 0 aliphatic carbocycles. The molecule has 0 fully saturated rings. The summed E-state index contributed by atoms with van der Waals surface area (Å²) in [5, 5.41) is 10.8. The zero-order valence-electron chi connectivity index (χ0n) is 13.8. The van der Waals surface area contributed by atoms with Gasteiger partial charge in [0.2, 0.25) is 0 Å². The van der Waals surface area contributed by atoms with Gasteiger partial charge in [0, 0.05) is 19.0 Å². The molecule has 2 rings (SSSR count). The third kappa shape index (κ3) is 2.70. The summed E-state index contributed by atoms with van der Waals surface area (Å²) in [5.74, 6) is 0.942. The minimum absolute atomic E-state index is 0.196. The second-order valence-corrected chi connectivity index (χ2v) is 6.00. The van der Waals surface area contributed by atoms with Crippen molar-refractivity contribution in [3.05, 3.63) is 30.1 Å². The van der Waals surface area contributed by atoms with Gasteiger partial charge in [-0.25, -0.2) is 4.98 Å². The van der Waals surface area contributed by atoms with E-state index < -0.39 is 6.10 Å². The smallest absolute Gasteiger partial charge is 0.112 e. The van der Waals surface area contributed by atoms with Crippen molar-refractivity contribution in [3.8, 4) is 0 Å². The van der Waals surface area contributed by atoms with E-state index in [9.17, 15) is 5.11 Å². The van der Waals surface area contributed by atoms with Crippen molar-refractivity contribution in [2.75, 3.05) is 14.1 Å². The summed E-state index contributed by atoms with van der Waals surface area (Å²) >= 11 is 0. The first kappa shape index (κ1) is 16.0. The maximum atomic E-state index is 10.8. The number of rotatable bonds is 6. The molecule has 0 spiro atoms. The van der Waals surface area contributed by atoms with Gasteiger partial charge < -0.3 is 14.6 Å². The summed E-state index contributed by atoms with van der Waals surface area (Å²) in [5.41, 5.74) is 1.91. The zero-order valence-corrected chi connectivity index (χ0v) is 13.8. The Kier molecular flexibility index (Phi) is 4.69. The molecule has 0 bridgehead atoms. The van der Waals surface area contributed by atoms with E-state index in [4.69, 9.17) is 0 Å². The van der Waals surface area contributed by atoms with Gasteiger partial charge in [-0.1, -0.05) is 26.0 Å². The first-order valence-corrected chi connectivity index (χ1v) is 7.72. The van der Waals surface area contributed by atoms with Crippen LogP contribution >= 0.6 is 0 Å². The maximum absolute atomic E-state index is 10.8. The molecule has 1 N–H and O–H groups in total. The quantitative estimate of drug-likeness (QED) is 0.888. The lowest BCUT2D eigenvalue weighted by atomic mass is 9.83. The van der Waals surface area contributed by atoms with Gasteiger partial charge in [0.15, 0.2) is 0 Å². The average molecular weight is 289 g/mol. The van der Waals surface area contributed by atoms with Gasteiger partial charge >= 0.3 is 0 Å². The highest BCUT2D eigenvalue weighted by Gasteiger charge is 2.37. The average Bonchev–Trinajstić information content (AvgIpc) is 2.77. The highest BCUT2D eigenvalue weighted by molar-refractivity contribution is 5.75. The van der Waals surface area contributed by atoms with Crippen LogP contribution in [0.4, 0.5) is 0 Å². The van der Waals surface area contributed by atoms with E-state index in [1.807, 2.05) is 39.3 Å². The van der Waals surface area contributed by atoms with E-state index >= 15 is 0 Å². The molecular formula is C17H27N3O. The van der Waals surface area contributed by atoms with Gasteiger partial charge in [-0.15, -0.1) is 0 Å². The predicted molar refractivity (Wildman–Crippen MR) is 87.4 cm³/mol. The molecule has 1 aromatic carbocycles. The number of aliphatic hydroxyl groups excluding tert-OH is 1. The van der Waals surface area contributed by atoms with E-state index in [0.29, 0.717) is 6.42 Å². The van der Waals surface area contributed by atoms with Crippen molar-refractivity contribution < 1.29 is 5.11 Å². The van der Waals surface area contributed by atoms with Crippen molar-refractivity contribution >= 4 is 11.0 Å². The van der Waals surface area contributed by atoms with Crippen LogP contribution in [0.5, 0.6) is 0 Å². The molecule has 4 nitrogen and oxygen atoms in total. The Morgan fingerprint density at radius 1 is 1.24 bits per heavy atom. The van der Waals surface area contributed by atoms with Crippen LogP contribution in [0.1, 0.15) is 32.5 Å². The summed E-state index contributed by atoms with van der Waals surface area (Å²) in [6.45, 7) is 4.28. The monoisotopic (exact) mass is 289 g/mol. The van der Waals surface area contributed by atoms with Gasteiger partial charge in [-0.3, -0.25) is 0 Å². The van der Waals surface area contributed by atoms with Crippen LogP contribution in [0.15, 0.2) is 24.3 Å². The number of aromatic nitrogens is 2. The molecule has 116 valence electrons. The second-order valence-electron chi connectivity index (χ2n) is 6.00. The van der Waals surface area contributed by atoms with Crippen LogP contribution in [0.2, 0.25) is 0 Å². The predicted octanol–water partition coefficient (Wildman–Crippen LogP) is 2.60. The second kappa shape index (κ2) is 6.16. The molecule has 1 aromatic heterocycles. The van der Waals surface area contributed by atoms with Crippen LogP contribution in [0.3, 0.4) is 0 Å². The van der Waals surface area contributed by atoms with E-state index in [-0.39, 0.29) is 5.54 Å². The van der Waals surface area contributed by atoms with Crippen LogP contribution in [0.25, 0.3) is 11.0 Å². The number of fused-ring (bicyclic) bond motifs is 1. The van der Waals surface area contributed by atoms with Gasteiger partial charge in [0.25, 0.3) is 0 Å². The number of imidazole rings is 1. The van der Waals surface area contributed by atoms with E-state index in [2.05, 4.69) is 34.4 Å². The van der Waals surface area contributed by atoms with Gasteiger partial charge in [-0.05, 0) is 39.1 Å². The maximum Gasteiger partial charge on any atom is 0.112 e. The molecule has 1 atom stereocenters. The van der Waals surface area contributed by atoms with E-state index in [1.165, 1.54) is 0 Å². The summed E-state index contributed by atoms with van der Waals surface area (Å²) < 4.78 is 2.09. The Bertz CT molecular complexity index is 599. The largest absolute Gasteiger partial charge is 0.391 e. The highest BCUT2D eigenvalue weighted by atomic mass is 16.3. The van der Waals surface area contributed by atoms with Crippen molar-refractivity contribution in [2.24, 2.45) is 7.05 Å². The fraction of sp³-hybridized carbons (Fsp3) is 0.588. The lowest BCUT2D eigenvalue weighted by Crippen LogP contribution is -2.53. The molecule has 1 heterocycles. The number of nitrogens with zero attached hydrogens (tertiary/aromatic N) is 3.